The first kappa shape index (κ1) is 15.9. The standard InChI is InChI=1S/C12H15NO3.HI/c1-3-16-12(15)5-4-11(14)10-6-8-13(2)9-7-10;/h4,6-9H,3,5H2,1-2H3;1H/b11-4-;. The Kier molecular flexibility index (Phi) is 7.53. The zero-order valence-electron chi connectivity index (χ0n) is 9.89. The number of ether oxygens (including phenoxy) is 1. The lowest BCUT2D eigenvalue weighted by Gasteiger charge is -2.00. The van der Waals surface area contributed by atoms with Crippen molar-refractivity contribution in [1.82, 2.24) is 0 Å². The van der Waals surface area contributed by atoms with E-state index in [1.807, 2.05) is 24.0 Å². The molecule has 0 bridgehead atoms. The van der Waals surface area contributed by atoms with Crippen molar-refractivity contribution in [3.05, 3.63) is 36.2 Å². The molecule has 0 fully saturated rings. The van der Waals surface area contributed by atoms with Gasteiger partial charge in [-0.15, -0.1) is 0 Å². The molecule has 1 heterocycles. The second-order valence-corrected chi connectivity index (χ2v) is 3.35. The molecule has 5 heteroatoms. The Hall–Kier alpha value is -1.11. The van der Waals surface area contributed by atoms with Crippen LogP contribution in [0.15, 0.2) is 30.6 Å². The number of hydrogen-bond acceptors (Lipinski definition) is 3. The van der Waals surface area contributed by atoms with E-state index in [-0.39, 0.29) is 42.1 Å². The SMILES string of the molecule is CCOC(=O)C/C=C(\O)c1cc[n+](C)cc1.[I-]. The van der Waals surface area contributed by atoms with Crippen LogP contribution in [0.2, 0.25) is 0 Å². The van der Waals surface area contributed by atoms with E-state index in [1.54, 1.807) is 19.1 Å². The van der Waals surface area contributed by atoms with Gasteiger partial charge >= 0.3 is 5.97 Å². The molecule has 0 atom stereocenters. The molecule has 0 saturated heterocycles. The Morgan fingerprint density at radius 1 is 1.47 bits per heavy atom. The van der Waals surface area contributed by atoms with Crippen molar-refractivity contribution in [3.63, 3.8) is 0 Å². The third kappa shape index (κ3) is 5.67. The molecule has 0 aliphatic carbocycles. The van der Waals surface area contributed by atoms with Crippen LogP contribution < -0.4 is 28.5 Å². The van der Waals surface area contributed by atoms with Gasteiger partial charge in [0.15, 0.2) is 12.4 Å². The molecule has 1 rings (SSSR count). The van der Waals surface area contributed by atoms with Gasteiger partial charge < -0.3 is 33.8 Å². The highest BCUT2D eigenvalue weighted by atomic mass is 127. The van der Waals surface area contributed by atoms with Crippen LogP contribution >= 0.6 is 0 Å². The van der Waals surface area contributed by atoms with Gasteiger partial charge in [-0.05, 0) is 13.0 Å². The largest absolute Gasteiger partial charge is 1.00 e. The average Bonchev–Trinajstić information content (AvgIpc) is 2.27. The number of aliphatic hydroxyl groups excluding tert-OH is 1. The molecule has 1 N–H and O–H groups in total. The van der Waals surface area contributed by atoms with Crippen LogP contribution in [-0.4, -0.2) is 17.7 Å². The van der Waals surface area contributed by atoms with Crippen molar-refractivity contribution < 1.29 is 43.2 Å². The highest BCUT2D eigenvalue weighted by molar-refractivity contribution is 5.73. The van der Waals surface area contributed by atoms with E-state index < -0.39 is 0 Å². The summed E-state index contributed by atoms with van der Waals surface area (Å²) < 4.78 is 6.61. The van der Waals surface area contributed by atoms with Gasteiger partial charge in [-0.1, -0.05) is 0 Å². The number of aromatic nitrogens is 1. The molecule has 0 unspecified atom stereocenters. The Bertz CT molecular complexity index is 387. The fourth-order valence-electron chi connectivity index (χ4n) is 1.19. The van der Waals surface area contributed by atoms with Crippen LogP contribution in [0.4, 0.5) is 0 Å². The van der Waals surface area contributed by atoms with Crippen LogP contribution in [0.5, 0.6) is 0 Å². The highest BCUT2D eigenvalue weighted by Gasteiger charge is 2.03. The summed E-state index contributed by atoms with van der Waals surface area (Å²) in [6, 6.07) is 3.55. The minimum atomic E-state index is -0.337. The second-order valence-electron chi connectivity index (χ2n) is 3.35. The Labute approximate surface area is 118 Å². The number of carbonyl (C=O) groups is 1. The Morgan fingerprint density at radius 3 is 2.59 bits per heavy atom. The average molecular weight is 349 g/mol. The summed E-state index contributed by atoms with van der Waals surface area (Å²) in [6.07, 6.45) is 5.18. The predicted molar refractivity (Wildman–Crippen MR) is 59.5 cm³/mol. The maximum atomic E-state index is 11.1. The van der Waals surface area contributed by atoms with Gasteiger partial charge in [0, 0.05) is 17.7 Å². The second kappa shape index (κ2) is 8.05. The van der Waals surface area contributed by atoms with Gasteiger partial charge in [-0.25, -0.2) is 4.57 Å². The van der Waals surface area contributed by atoms with E-state index in [9.17, 15) is 9.90 Å². The van der Waals surface area contributed by atoms with E-state index in [2.05, 4.69) is 0 Å². The first-order valence-electron chi connectivity index (χ1n) is 5.14. The fraction of sp³-hybridized carbons (Fsp3) is 0.333. The van der Waals surface area contributed by atoms with E-state index in [0.717, 1.165) is 0 Å². The molecule has 1 aromatic rings. The minimum absolute atomic E-state index is 0. The fourth-order valence-corrected chi connectivity index (χ4v) is 1.19. The molecule has 0 aliphatic heterocycles. The summed E-state index contributed by atoms with van der Waals surface area (Å²) in [5, 5.41) is 9.67. The van der Waals surface area contributed by atoms with Crippen molar-refractivity contribution in [3.8, 4) is 0 Å². The van der Waals surface area contributed by atoms with Crippen LogP contribution in [-0.2, 0) is 16.6 Å². The molecular formula is C12H16INO3. The lowest BCUT2D eigenvalue weighted by molar-refractivity contribution is -0.671. The summed E-state index contributed by atoms with van der Waals surface area (Å²) in [7, 11) is 1.89. The number of nitrogens with zero attached hydrogens (tertiary/aromatic N) is 1. The first-order valence-corrected chi connectivity index (χ1v) is 5.14. The van der Waals surface area contributed by atoms with Gasteiger partial charge in [-0.3, -0.25) is 4.79 Å². The Balaban J connectivity index is 0.00000256. The van der Waals surface area contributed by atoms with Gasteiger partial charge in [0.25, 0.3) is 0 Å². The molecule has 1 aromatic heterocycles. The zero-order valence-corrected chi connectivity index (χ0v) is 12.0. The summed E-state index contributed by atoms with van der Waals surface area (Å²) >= 11 is 0. The molecule has 0 amide bonds. The molecular weight excluding hydrogens is 333 g/mol. The minimum Gasteiger partial charge on any atom is -1.00 e. The quantitative estimate of drug-likeness (QED) is 0.307. The predicted octanol–water partition coefficient (Wildman–Crippen LogP) is -1.63. The summed E-state index contributed by atoms with van der Waals surface area (Å²) in [6.45, 7) is 2.10. The molecule has 0 spiro atoms. The topological polar surface area (TPSA) is 50.4 Å². The molecule has 17 heavy (non-hydrogen) atoms. The van der Waals surface area contributed by atoms with Crippen molar-refractivity contribution in [2.45, 2.75) is 13.3 Å². The maximum Gasteiger partial charge on any atom is 0.309 e. The van der Waals surface area contributed by atoms with Crippen molar-refractivity contribution in [2.24, 2.45) is 7.05 Å². The molecule has 94 valence electrons. The van der Waals surface area contributed by atoms with Crippen LogP contribution in [0.1, 0.15) is 18.9 Å². The number of halogens is 1. The summed E-state index contributed by atoms with van der Waals surface area (Å²) in [4.78, 5) is 11.1. The van der Waals surface area contributed by atoms with Gasteiger partial charge in [0.2, 0.25) is 0 Å². The van der Waals surface area contributed by atoms with E-state index in [4.69, 9.17) is 4.74 Å². The molecule has 0 aliphatic rings. The van der Waals surface area contributed by atoms with Crippen LogP contribution in [0.3, 0.4) is 0 Å². The van der Waals surface area contributed by atoms with E-state index >= 15 is 0 Å². The smallest absolute Gasteiger partial charge is 0.309 e. The normalized spacial score (nSPS) is 10.6. The Morgan fingerprint density at radius 2 is 2.06 bits per heavy atom. The zero-order chi connectivity index (χ0) is 12.0. The third-order valence-corrected chi connectivity index (χ3v) is 2.04. The van der Waals surface area contributed by atoms with Crippen molar-refractivity contribution >= 4 is 11.7 Å². The number of rotatable bonds is 4. The van der Waals surface area contributed by atoms with Gasteiger partial charge in [0.05, 0.1) is 13.0 Å². The van der Waals surface area contributed by atoms with Gasteiger partial charge in [-0.2, -0.15) is 0 Å². The van der Waals surface area contributed by atoms with Crippen LogP contribution in [0.25, 0.3) is 5.76 Å². The number of esters is 1. The maximum absolute atomic E-state index is 11.1. The lowest BCUT2D eigenvalue weighted by atomic mass is 10.2. The third-order valence-electron chi connectivity index (χ3n) is 2.04. The molecule has 0 radical (unpaired) electrons. The van der Waals surface area contributed by atoms with Crippen molar-refractivity contribution in [1.29, 1.82) is 0 Å². The molecule has 0 saturated carbocycles. The number of pyridine rings is 1. The van der Waals surface area contributed by atoms with E-state index in [1.165, 1.54) is 6.08 Å². The number of aryl methyl sites for hydroxylation is 1. The van der Waals surface area contributed by atoms with Crippen molar-refractivity contribution in [2.75, 3.05) is 6.61 Å². The van der Waals surface area contributed by atoms with Crippen LogP contribution in [0, 0.1) is 0 Å². The number of aliphatic hydroxyl groups is 1. The molecule has 4 nitrogen and oxygen atoms in total. The lowest BCUT2D eigenvalue weighted by Crippen LogP contribution is -3.00. The monoisotopic (exact) mass is 349 g/mol. The first-order chi connectivity index (χ1) is 7.63. The van der Waals surface area contributed by atoms with Gasteiger partial charge in [0.1, 0.15) is 12.8 Å². The summed E-state index contributed by atoms with van der Waals surface area (Å²) in [5.74, 6) is -0.246. The highest BCUT2D eigenvalue weighted by Crippen LogP contribution is 2.09. The number of carbonyl (C=O) groups excluding carboxylic acids is 1. The molecule has 0 aromatic carbocycles. The summed E-state index contributed by atoms with van der Waals surface area (Å²) in [5.41, 5.74) is 0.683. The van der Waals surface area contributed by atoms with E-state index in [0.29, 0.717) is 12.2 Å². The number of hydrogen-bond donors (Lipinski definition) is 1.